The van der Waals surface area contributed by atoms with Crippen LogP contribution in [0.1, 0.15) is 39.0 Å². The molecular weight excluding hydrogens is 214 g/mol. The smallest absolute Gasteiger partial charge is 0.0945 e. The third kappa shape index (κ3) is 5.98. The van der Waals surface area contributed by atoms with Crippen LogP contribution in [-0.4, -0.2) is 9.55 Å². The Bertz CT molecular complexity index is 185. The van der Waals surface area contributed by atoms with Crippen molar-refractivity contribution in [1.29, 1.82) is 0 Å². The Balaban J connectivity index is 0.00000144. The molecule has 0 spiro atoms. The summed E-state index contributed by atoms with van der Waals surface area (Å²) in [5, 5.41) is 0. The van der Waals surface area contributed by atoms with E-state index >= 15 is 0 Å². The van der Waals surface area contributed by atoms with Crippen molar-refractivity contribution in [1.82, 2.24) is 9.55 Å². The van der Waals surface area contributed by atoms with Gasteiger partial charge in [0.25, 0.3) is 0 Å². The molecule has 13 heavy (non-hydrogen) atoms. The van der Waals surface area contributed by atoms with Crippen molar-refractivity contribution >= 4 is 0 Å². The summed E-state index contributed by atoms with van der Waals surface area (Å²) in [5.74, 6) is 0. The maximum absolute atomic E-state index is 4.00. The molecule has 70 valence electrons. The van der Waals surface area contributed by atoms with E-state index in [1.54, 1.807) is 0 Å². The molecule has 0 aliphatic heterocycles. The number of rotatable bonds is 6. The van der Waals surface area contributed by atoms with E-state index in [4.69, 9.17) is 0 Å². The quantitative estimate of drug-likeness (QED) is 0.544. The van der Waals surface area contributed by atoms with Gasteiger partial charge < -0.3 is 4.57 Å². The molecule has 1 heterocycles. The van der Waals surface area contributed by atoms with Gasteiger partial charge in [0, 0.05) is 38.4 Å². The van der Waals surface area contributed by atoms with Crippen LogP contribution in [0.2, 0.25) is 0 Å². The Morgan fingerprint density at radius 3 is 2.54 bits per heavy atom. The summed E-state index contributed by atoms with van der Waals surface area (Å²) in [5.41, 5.74) is 0. The minimum atomic E-state index is 0. The Morgan fingerprint density at radius 1 is 1.15 bits per heavy atom. The van der Waals surface area contributed by atoms with Gasteiger partial charge >= 0.3 is 0 Å². The molecular formula is C10H18N2Zn. The van der Waals surface area contributed by atoms with Crippen molar-refractivity contribution in [3.8, 4) is 0 Å². The zero-order chi connectivity index (χ0) is 8.65. The van der Waals surface area contributed by atoms with E-state index in [9.17, 15) is 0 Å². The van der Waals surface area contributed by atoms with Crippen LogP contribution < -0.4 is 0 Å². The van der Waals surface area contributed by atoms with Gasteiger partial charge in [0.05, 0.1) is 6.33 Å². The van der Waals surface area contributed by atoms with Gasteiger partial charge in [-0.05, 0) is 6.42 Å². The summed E-state index contributed by atoms with van der Waals surface area (Å²) in [6, 6.07) is 0. The fourth-order valence-electron chi connectivity index (χ4n) is 1.32. The van der Waals surface area contributed by atoms with Crippen molar-refractivity contribution in [2.75, 3.05) is 0 Å². The Labute approximate surface area is 93.5 Å². The zero-order valence-corrected chi connectivity index (χ0v) is 11.5. The maximum Gasteiger partial charge on any atom is 0.0945 e. The van der Waals surface area contributed by atoms with Crippen molar-refractivity contribution in [2.24, 2.45) is 0 Å². The van der Waals surface area contributed by atoms with Gasteiger partial charge in [-0.3, -0.25) is 0 Å². The molecule has 1 aromatic heterocycles. The molecule has 2 nitrogen and oxygen atoms in total. The van der Waals surface area contributed by atoms with Crippen molar-refractivity contribution in [2.45, 2.75) is 45.6 Å². The normalized spacial score (nSPS) is 9.62. The molecule has 0 amide bonds. The average Bonchev–Trinajstić information content (AvgIpc) is 2.57. The molecule has 0 saturated carbocycles. The minimum Gasteiger partial charge on any atom is -0.337 e. The molecule has 0 bridgehead atoms. The zero-order valence-electron chi connectivity index (χ0n) is 8.58. The fraction of sp³-hybridized carbons (Fsp3) is 0.700. The molecule has 0 saturated heterocycles. The molecule has 0 atom stereocenters. The molecule has 0 aliphatic rings. The van der Waals surface area contributed by atoms with E-state index in [0.717, 1.165) is 6.54 Å². The molecule has 0 unspecified atom stereocenters. The Hall–Kier alpha value is -0.167. The summed E-state index contributed by atoms with van der Waals surface area (Å²) in [6.07, 6.45) is 12.5. The third-order valence-electron chi connectivity index (χ3n) is 2.08. The van der Waals surface area contributed by atoms with E-state index in [-0.39, 0.29) is 19.5 Å². The summed E-state index contributed by atoms with van der Waals surface area (Å²) in [4.78, 5) is 4.00. The van der Waals surface area contributed by atoms with Gasteiger partial charge in [-0.25, -0.2) is 4.98 Å². The number of hydrogen-bond donors (Lipinski definition) is 0. The van der Waals surface area contributed by atoms with E-state index < -0.39 is 0 Å². The van der Waals surface area contributed by atoms with E-state index in [2.05, 4.69) is 16.5 Å². The Morgan fingerprint density at radius 2 is 1.92 bits per heavy atom. The van der Waals surface area contributed by atoms with E-state index in [0.29, 0.717) is 0 Å². The standard InChI is InChI=1S/C10H18N2.Zn/c1-2-3-4-5-6-8-12-9-7-11-10-12;/h7,9-10H,2-6,8H2,1H3;. The molecule has 1 aromatic rings. The van der Waals surface area contributed by atoms with Crippen LogP contribution >= 0.6 is 0 Å². The van der Waals surface area contributed by atoms with Crippen LogP contribution in [0.15, 0.2) is 18.7 Å². The number of aromatic nitrogens is 2. The van der Waals surface area contributed by atoms with Crippen LogP contribution in [0.3, 0.4) is 0 Å². The fourth-order valence-corrected chi connectivity index (χ4v) is 1.32. The molecule has 0 aliphatic carbocycles. The number of unbranched alkanes of at least 4 members (excludes halogenated alkanes) is 4. The first kappa shape index (κ1) is 12.8. The number of hydrogen-bond acceptors (Lipinski definition) is 1. The van der Waals surface area contributed by atoms with Gasteiger partial charge in [0.2, 0.25) is 0 Å². The second-order valence-corrected chi connectivity index (χ2v) is 3.21. The predicted molar refractivity (Wildman–Crippen MR) is 51.0 cm³/mol. The molecule has 0 aromatic carbocycles. The van der Waals surface area contributed by atoms with Gasteiger partial charge in [0.1, 0.15) is 0 Å². The number of aryl methyl sites for hydroxylation is 1. The molecule has 3 heteroatoms. The van der Waals surface area contributed by atoms with E-state index in [1.807, 2.05) is 18.7 Å². The monoisotopic (exact) mass is 230 g/mol. The summed E-state index contributed by atoms with van der Waals surface area (Å²) < 4.78 is 2.14. The summed E-state index contributed by atoms with van der Waals surface area (Å²) in [6.45, 7) is 3.37. The first-order valence-corrected chi connectivity index (χ1v) is 4.89. The second-order valence-electron chi connectivity index (χ2n) is 3.21. The molecule has 0 radical (unpaired) electrons. The maximum atomic E-state index is 4.00. The van der Waals surface area contributed by atoms with Crippen LogP contribution in [0, 0.1) is 0 Å². The molecule has 0 N–H and O–H groups in total. The molecule has 1 rings (SSSR count). The van der Waals surface area contributed by atoms with Crippen molar-refractivity contribution in [3.63, 3.8) is 0 Å². The first-order chi connectivity index (χ1) is 5.93. The third-order valence-corrected chi connectivity index (χ3v) is 2.08. The largest absolute Gasteiger partial charge is 0.337 e. The minimum absolute atomic E-state index is 0. The van der Waals surface area contributed by atoms with Gasteiger partial charge in [0.15, 0.2) is 0 Å². The van der Waals surface area contributed by atoms with E-state index in [1.165, 1.54) is 32.1 Å². The molecule has 0 fully saturated rings. The van der Waals surface area contributed by atoms with Crippen molar-refractivity contribution < 1.29 is 19.5 Å². The number of imidazole rings is 1. The topological polar surface area (TPSA) is 17.8 Å². The SMILES string of the molecule is CCCCCCCn1ccnc1.[Zn]. The van der Waals surface area contributed by atoms with Gasteiger partial charge in [-0.2, -0.15) is 0 Å². The van der Waals surface area contributed by atoms with Crippen LogP contribution in [0.5, 0.6) is 0 Å². The van der Waals surface area contributed by atoms with Crippen molar-refractivity contribution in [3.05, 3.63) is 18.7 Å². The Kier molecular flexibility index (Phi) is 8.32. The van der Waals surface area contributed by atoms with Crippen LogP contribution in [0.4, 0.5) is 0 Å². The second kappa shape index (κ2) is 8.43. The average molecular weight is 232 g/mol. The van der Waals surface area contributed by atoms with Gasteiger partial charge in [-0.1, -0.05) is 32.6 Å². The first-order valence-electron chi connectivity index (χ1n) is 4.89. The van der Waals surface area contributed by atoms with Gasteiger partial charge in [-0.15, -0.1) is 0 Å². The summed E-state index contributed by atoms with van der Waals surface area (Å²) >= 11 is 0. The summed E-state index contributed by atoms with van der Waals surface area (Å²) in [7, 11) is 0. The number of nitrogens with zero attached hydrogens (tertiary/aromatic N) is 2. The predicted octanol–water partition coefficient (Wildman–Crippen LogP) is 2.85. The van der Waals surface area contributed by atoms with Crippen LogP contribution in [-0.2, 0) is 26.0 Å². The van der Waals surface area contributed by atoms with Crippen LogP contribution in [0.25, 0.3) is 0 Å².